The molecule has 0 heterocycles. The number of carbonyl (C=O) groups excluding carboxylic acids is 3. The molecule has 0 radical (unpaired) electrons. The average Bonchev–Trinajstić information content (AvgIpc) is 3.25. The van der Waals surface area contributed by atoms with Crippen LogP contribution in [0.15, 0.2) is 103 Å². The van der Waals surface area contributed by atoms with Gasteiger partial charge in [0.1, 0.15) is 0 Å². The van der Waals surface area contributed by atoms with Crippen molar-refractivity contribution in [1.82, 2.24) is 0 Å². The maximum atomic E-state index is 13.7. The number of nitrogens with one attached hydrogen (secondary N) is 2. The number of amides is 2. The smallest absolute Gasteiger partial charge is 0.434 e. The van der Waals surface area contributed by atoms with E-state index in [1.165, 1.54) is 0 Å². The first-order valence-corrected chi connectivity index (χ1v) is 23.5. The van der Waals surface area contributed by atoms with Crippen molar-refractivity contribution < 1.29 is 42.2 Å². The molecule has 0 aliphatic rings. The van der Waals surface area contributed by atoms with E-state index in [2.05, 4.69) is 43.2 Å². The maximum Gasteiger partial charge on any atom is 0.511 e. The number of ether oxygens (including phenoxy) is 3. The van der Waals surface area contributed by atoms with E-state index in [1.807, 2.05) is 117 Å². The molecule has 4 aromatic rings. The van der Waals surface area contributed by atoms with Crippen molar-refractivity contribution in [1.29, 1.82) is 0 Å². The summed E-state index contributed by atoms with van der Waals surface area (Å²) in [7, 11) is -3.37. The van der Waals surface area contributed by atoms with Crippen molar-refractivity contribution in [2.45, 2.75) is 92.6 Å². The highest BCUT2D eigenvalue weighted by molar-refractivity contribution is 7.53. The minimum Gasteiger partial charge on any atom is -0.434 e. The first-order chi connectivity index (χ1) is 29.8. The number of benzene rings is 4. The number of hydrogen-bond acceptors (Lipinski definition) is 10. The summed E-state index contributed by atoms with van der Waals surface area (Å²) >= 11 is 0. The molecule has 336 valence electrons. The van der Waals surface area contributed by atoms with Crippen LogP contribution in [-0.4, -0.2) is 57.4 Å². The molecule has 13 heteroatoms. The maximum absolute atomic E-state index is 13.7. The third-order valence-electron chi connectivity index (χ3n) is 9.95. The highest BCUT2D eigenvalue weighted by atomic mass is 31.2. The molecule has 0 fully saturated rings. The lowest BCUT2D eigenvalue weighted by Gasteiger charge is -2.31. The molecule has 0 saturated carbocycles. The van der Waals surface area contributed by atoms with Crippen molar-refractivity contribution in [3.8, 4) is 0 Å². The van der Waals surface area contributed by atoms with Gasteiger partial charge in [0, 0.05) is 18.8 Å². The zero-order chi connectivity index (χ0) is 44.7. The van der Waals surface area contributed by atoms with Crippen LogP contribution in [0.3, 0.4) is 0 Å². The molecule has 62 heavy (non-hydrogen) atoms. The van der Waals surface area contributed by atoms with Crippen LogP contribution in [0, 0.1) is 18.8 Å². The molecular formula is C49H66N3O9P. The van der Waals surface area contributed by atoms with Crippen LogP contribution >= 0.6 is 7.60 Å². The molecule has 0 bridgehead atoms. The van der Waals surface area contributed by atoms with Crippen LogP contribution in [0.5, 0.6) is 0 Å². The van der Waals surface area contributed by atoms with Crippen LogP contribution in [0.25, 0.3) is 0 Å². The van der Waals surface area contributed by atoms with E-state index >= 15 is 0 Å². The van der Waals surface area contributed by atoms with Gasteiger partial charge in [-0.2, -0.15) is 0 Å². The van der Waals surface area contributed by atoms with Crippen molar-refractivity contribution in [2.24, 2.45) is 11.8 Å². The Kier molecular flexibility index (Phi) is 21.0. The molecule has 4 rings (SSSR count). The Morgan fingerprint density at radius 2 is 1.35 bits per heavy atom. The molecule has 0 saturated heterocycles. The van der Waals surface area contributed by atoms with Crippen molar-refractivity contribution in [2.75, 3.05) is 54.8 Å². The minimum absolute atomic E-state index is 0.0452. The number of unbranched alkanes of at least 4 members (excludes halogenated alkanes) is 2. The van der Waals surface area contributed by atoms with E-state index in [0.29, 0.717) is 55.3 Å². The van der Waals surface area contributed by atoms with E-state index in [1.54, 1.807) is 0 Å². The van der Waals surface area contributed by atoms with E-state index in [4.69, 9.17) is 23.3 Å². The first-order valence-electron chi connectivity index (χ1n) is 21.8. The first kappa shape index (κ1) is 49.5. The zero-order valence-corrected chi connectivity index (χ0v) is 38.2. The quantitative estimate of drug-likeness (QED) is 0.0271. The standard InChI is InChI=1S/C49H66N3O9P/c1-7-42(43-23-26-46(52(33-37(2)3)34-38(4)5)45(31-43)51-48(54)50-44-24-21-39(6)22-25-44)32-47(53)58-36-59-49(55)57-28-15-10-16-29-60-62(56,30-27-40-17-11-8-12-18-40)61-35-41-19-13-9-14-20-41/h8-9,11-14,17-26,31,37-38,42H,7,10,15-16,27-30,32-36H2,1-6H3,(H2,50,51,54)/t42-,62?/m0/s1. The fraction of sp³-hybridized carbons (Fsp3) is 0.449. The fourth-order valence-electron chi connectivity index (χ4n) is 6.76. The minimum atomic E-state index is -3.37. The normalized spacial score (nSPS) is 12.6. The van der Waals surface area contributed by atoms with Crippen molar-refractivity contribution in [3.05, 3.63) is 125 Å². The lowest BCUT2D eigenvalue weighted by Crippen LogP contribution is -2.32. The van der Waals surface area contributed by atoms with Crippen LogP contribution in [0.4, 0.5) is 26.7 Å². The van der Waals surface area contributed by atoms with Gasteiger partial charge in [-0.25, -0.2) is 9.59 Å². The molecule has 2 atom stereocenters. The summed E-state index contributed by atoms with van der Waals surface area (Å²) in [4.78, 5) is 40.8. The predicted molar refractivity (Wildman–Crippen MR) is 247 cm³/mol. The number of urea groups is 1. The Morgan fingerprint density at radius 3 is 2.00 bits per heavy atom. The van der Waals surface area contributed by atoms with Crippen molar-refractivity contribution >= 4 is 42.8 Å². The van der Waals surface area contributed by atoms with Gasteiger partial charge in [-0.15, -0.1) is 0 Å². The third-order valence-corrected chi connectivity index (χ3v) is 11.8. The molecular weight excluding hydrogens is 806 g/mol. The van der Waals surface area contributed by atoms with Gasteiger partial charge in [0.2, 0.25) is 6.79 Å². The van der Waals surface area contributed by atoms with E-state index in [9.17, 15) is 18.9 Å². The fourth-order valence-corrected chi connectivity index (χ4v) is 8.38. The van der Waals surface area contributed by atoms with E-state index in [-0.39, 0.29) is 44.4 Å². The number of nitrogens with zero attached hydrogens (tertiary/aromatic N) is 1. The van der Waals surface area contributed by atoms with Crippen LogP contribution in [-0.2, 0) is 45.6 Å². The molecule has 0 aliphatic carbocycles. The highest BCUT2D eigenvalue weighted by Crippen LogP contribution is 2.49. The number of hydrogen-bond donors (Lipinski definition) is 2. The number of anilines is 3. The Bertz CT molecular complexity index is 1940. The van der Waals surface area contributed by atoms with Gasteiger partial charge >= 0.3 is 25.8 Å². The SMILES string of the molecule is CC[C@@H](CC(=O)OCOC(=O)OCCCCCOP(=O)(CCc1ccccc1)OCc1ccccc1)c1ccc(N(CC(C)C)CC(C)C)c(NC(=O)Nc2ccc(C)cc2)c1. The summed E-state index contributed by atoms with van der Waals surface area (Å²) in [6.07, 6.45) is 2.34. The Labute approximate surface area is 368 Å². The number of aryl methyl sites for hydroxylation is 2. The number of esters is 1. The lowest BCUT2D eigenvalue weighted by atomic mass is 9.92. The van der Waals surface area contributed by atoms with Gasteiger partial charge in [0.25, 0.3) is 0 Å². The molecule has 2 amide bonds. The summed E-state index contributed by atoms with van der Waals surface area (Å²) < 4.78 is 40.8. The zero-order valence-electron chi connectivity index (χ0n) is 37.3. The summed E-state index contributed by atoms with van der Waals surface area (Å²) in [5.41, 5.74) is 6.16. The average molecular weight is 872 g/mol. The van der Waals surface area contributed by atoms with Gasteiger partial charge in [0.05, 0.1) is 43.8 Å². The third kappa shape index (κ3) is 18.4. The lowest BCUT2D eigenvalue weighted by molar-refractivity contribution is -0.153. The summed E-state index contributed by atoms with van der Waals surface area (Å²) in [6.45, 7) is 14.2. The molecule has 1 unspecified atom stereocenters. The number of rotatable bonds is 26. The Morgan fingerprint density at radius 1 is 0.710 bits per heavy atom. The molecule has 2 N–H and O–H groups in total. The van der Waals surface area contributed by atoms with Gasteiger partial charge in [-0.1, -0.05) is 119 Å². The summed E-state index contributed by atoms with van der Waals surface area (Å²) in [6, 6.07) is 32.5. The van der Waals surface area contributed by atoms with Crippen LogP contribution in [0.1, 0.15) is 94.9 Å². The predicted octanol–water partition coefficient (Wildman–Crippen LogP) is 12.1. The second-order valence-corrected chi connectivity index (χ2v) is 18.5. The topological polar surface area (TPSA) is 142 Å². The van der Waals surface area contributed by atoms with E-state index in [0.717, 1.165) is 41.0 Å². The second-order valence-electron chi connectivity index (χ2n) is 16.3. The van der Waals surface area contributed by atoms with Gasteiger partial charge in [-0.05, 0) is 97.7 Å². The Balaban J connectivity index is 1.22. The summed E-state index contributed by atoms with van der Waals surface area (Å²) in [5.74, 6) is 0.0295. The molecule has 0 spiro atoms. The van der Waals surface area contributed by atoms with Crippen LogP contribution in [0.2, 0.25) is 0 Å². The Hall–Kier alpha value is -5.16. The largest absolute Gasteiger partial charge is 0.511 e. The van der Waals surface area contributed by atoms with Gasteiger partial charge in [0.15, 0.2) is 0 Å². The highest BCUT2D eigenvalue weighted by Gasteiger charge is 2.25. The van der Waals surface area contributed by atoms with E-state index < -0.39 is 26.5 Å². The van der Waals surface area contributed by atoms with Crippen LogP contribution < -0.4 is 15.5 Å². The van der Waals surface area contributed by atoms with Crippen molar-refractivity contribution in [3.63, 3.8) is 0 Å². The molecule has 0 aromatic heterocycles. The monoisotopic (exact) mass is 871 g/mol. The molecule has 12 nitrogen and oxygen atoms in total. The number of carbonyl (C=O) groups is 3. The van der Waals surface area contributed by atoms with Gasteiger partial charge < -0.3 is 38.8 Å². The molecule has 4 aromatic carbocycles. The summed E-state index contributed by atoms with van der Waals surface area (Å²) in [5, 5.41) is 6.00. The molecule has 0 aliphatic heterocycles. The van der Waals surface area contributed by atoms with Gasteiger partial charge in [-0.3, -0.25) is 9.36 Å². The second kappa shape index (κ2) is 26.3.